The van der Waals surface area contributed by atoms with E-state index in [9.17, 15) is 12.9 Å². The Morgan fingerprint density at radius 2 is 0.889 bits per heavy atom. The van der Waals surface area contributed by atoms with Gasteiger partial charge in [-0.3, -0.25) is 27.1 Å². The number of halogens is 6. The van der Waals surface area contributed by atoms with Crippen LogP contribution in [0.1, 0.15) is 0 Å². The average Bonchev–Trinajstić information content (AvgIpc) is 1.41. The zero-order chi connectivity index (χ0) is 5.58. The van der Waals surface area contributed by atoms with E-state index in [0.717, 1.165) is 0 Å². The van der Waals surface area contributed by atoms with Gasteiger partial charge in [0, 0.05) is 0 Å². The van der Waals surface area contributed by atoms with Crippen LogP contribution in [0.25, 0.3) is 0 Å². The molecule has 0 bridgehead atoms. The number of nitrogens with two attached hydrogens (primary N) is 1. The molecule has 0 spiro atoms. The molecule has 2 N–H and O–H groups in total. The van der Waals surface area contributed by atoms with Gasteiger partial charge in [0.2, 0.25) is 0 Å². The van der Waals surface area contributed by atoms with E-state index in [0.29, 0.717) is 0 Å². The van der Waals surface area contributed by atoms with Crippen molar-refractivity contribution in [1.82, 2.24) is 0 Å². The Morgan fingerprint density at radius 1 is 0.889 bits per heavy atom. The summed E-state index contributed by atoms with van der Waals surface area (Å²) in [5, 5.41) is 0. The van der Waals surface area contributed by atoms with Gasteiger partial charge in [0.15, 0.2) is 0 Å². The van der Waals surface area contributed by atoms with Gasteiger partial charge in [-0.15, -0.1) is 0 Å². The van der Waals surface area contributed by atoms with Crippen LogP contribution in [0.3, 0.4) is 0 Å². The van der Waals surface area contributed by atoms with Gasteiger partial charge in [0.25, 0.3) is 0 Å². The monoisotopic (exact) mass is 159 g/mol. The van der Waals surface area contributed by atoms with Crippen molar-refractivity contribution in [3.8, 4) is 0 Å². The first-order valence-electron chi connectivity index (χ1n) is 1.23. The third-order valence-electron chi connectivity index (χ3n) is 0. The van der Waals surface area contributed by atoms with Crippen LogP contribution in [0.2, 0.25) is 0 Å². The van der Waals surface area contributed by atoms with Crippen molar-refractivity contribution in [1.29, 1.82) is 0 Å². The second-order valence-electron chi connectivity index (χ2n) is 0.247. The summed E-state index contributed by atoms with van der Waals surface area (Å²) < 4.78 is 29.0. The predicted molar refractivity (Wildman–Crippen MR) is 26.7 cm³/mol. The highest BCUT2D eigenvalue weighted by Gasteiger charge is 2.06. The van der Waals surface area contributed by atoms with E-state index in [4.69, 9.17) is 0 Å². The molecule has 0 radical (unpaired) electrons. The van der Waals surface area contributed by atoms with Gasteiger partial charge in [-0.2, -0.15) is 0 Å². The molecule has 0 atom stereocenters. The Morgan fingerprint density at radius 3 is 0.889 bits per heavy atom. The molecule has 0 saturated carbocycles. The van der Waals surface area contributed by atoms with Gasteiger partial charge in [0.05, 0.1) is 0 Å². The van der Waals surface area contributed by atoms with Crippen LogP contribution < -0.4 is 5.73 Å². The topological polar surface area (TPSA) is 26.0 Å². The molecule has 0 unspecified atom stereocenters. The summed E-state index contributed by atoms with van der Waals surface area (Å²) in [6, 6.07) is 0. The van der Waals surface area contributed by atoms with Gasteiger partial charge in [0.1, 0.15) is 0 Å². The lowest BCUT2D eigenvalue weighted by Crippen LogP contribution is -1.76. The van der Waals surface area contributed by atoms with Gasteiger partial charge < -0.3 is 5.73 Å². The van der Waals surface area contributed by atoms with Crippen LogP contribution in [0, 0.1) is 0 Å². The van der Waals surface area contributed by atoms with Crippen molar-refractivity contribution in [3.05, 3.63) is 0 Å². The highest BCUT2D eigenvalue weighted by Crippen LogP contribution is 1.80. The number of hydrogen-bond acceptors (Lipinski definition) is 1. The first-order chi connectivity index (χ1) is 2.73. The highest BCUT2D eigenvalue weighted by molar-refractivity contribution is 6.33. The molecule has 0 aliphatic rings. The van der Waals surface area contributed by atoms with E-state index in [-0.39, 0.29) is 14.1 Å². The van der Waals surface area contributed by atoms with Crippen LogP contribution in [0.5, 0.6) is 0 Å². The SMILES string of the molecule is CN.F.F.F.FB(F)F. The molecule has 0 fully saturated rings. The van der Waals surface area contributed by atoms with Crippen molar-refractivity contribution < 1.29 is 27.1 Å². The van der Waals surface area contributed by atoms with Crippen molar-refractivity contribution in [2.75, 3.05) is 7.05 Å². The molecule has 0 aliphatic carbocycles. The maximum atomic E-state index is 9.67. The van der Waals surface area contributed by atoms with E-state index >= 15 is 0 Å². The van der Waals surface area contributed by atoms with Crippen molar-refractivity contribution in [3.63, 3.8) is 0 Å². The molecular formula is CH8BF6N. The fourth-order valence-corrected chi connectivity index (χ4v) is 0. The third kappa shape index (κ3) is 1530. The van der Waals surface area contributed by atoms with E-state index in [1.165, 1.54) is 7.05 Å². The van der Waals surface area contributed by atoms with Crippen LogP contribution in [-0.4, -0.2) is 14.6 Å². The smallest absolute Gasteiger partial charge is 0.333 e. The Bertz CT molecular complexity index is 17.8. The first kappa shape index (κ1) is 38.3. The highest BCUT2D eigenvalue weighted by atomic mass is 19.4. The molecule has 0 aromatic rings. The quantitative estimate of drug-likeness (QED) is 0.412. The maximum absolute atomic E-state index is 9.67. The van der Waals surface area contributed by atoms with E-state index in [1.807, 2.05) is 0 Å². The maximum Gasteiger partial charge on any atom is 0.762 e. The van der Waals surface area contributed by atoms with Crippen LogP contribution in [-0.2, 0) is 0 Å². The van der Waals surface area contributed by atoms with E-state index < -0.39 is 7.54 Å². The Kier molecular flexibility index (Phi) is 208. The molecular weight excluding hydrogens is 151 g/mol. The van der Waals surface area contributed by atoms with Gasteiger partial charge in [-0.25, -0.2) is 0 Å². The second-order valence-corrected chi connectivity index (χ2v) is 0.247. The summed E-state index contributed by atoms with van der Waals surface area (Å²) in [7, 11) is -2.17. The lowest BCUT2D eigenvalue weighted by molar-refractivity contribution is 0.535. The molecule has 1 nitrogen and oxygen atoms in total. The average molecular weight is 159 g/mol. The van der Waals surface area contributed by atoms with E-state index in [1.54, 1.807) is 0 Å². The largest absolute Gasteiger partial charge is 0.762 e. The summed E-state index contributed by atoms with van der Waals surface area (Å²) in [4.78, 5) is 0. The molecule has 9 heavy (non-hydrogen) atoms. The Hall–Kier alpha value is -0.395. The van der Waals surface area contributed by atoms with Gasteiger partial charge >= 0.3 is 7.54 Å². The third-order valence-corrected chi connectivity index (χ3v) is 0. The minimum Gasteiger partial charge on any atom is -0.333 e. The van der Waals surface area contributed by atoms with Gasteiger partial charge in [-0.1, -0.05) is 0 Å². The summed E-state index contributed by atoms with van der Waals surface area (Å²) in [6.45, 7) is 0. The van der Waals surface area contributed by atoms with Gasteiger partial charge in [-0.05, 0) is 7.05 Å². The van der Waals surface area contributed by atoms with Crippen LogP contribution in [0.15, 0.2) is 0 Å². The second kappa shape index (κ2) is 48.9. The first-order valence-corrected chi connectivity index (χ1v) is 1.23. The zero-order valence-corrected chi connectivity index (χ0v) is 4.51. The number of rotatable bonds is 0. The fraction of sp³-hybridized carbons (Fsp3) is 1.00. The predicted octanol–water partition coefficient (Wildman–Crippen LogP) is 0.912. The Labute approximate surface area is 48.7 Å². The zero-order valence-electron chi connectivity index (χ0n) is 4.51. The summed E-state index contributed by atoms with van der Waals surface area (Å²) in [6.07, 6.45) is 0. The minimum atomic E-state index is -3.67. The van der Waals surface area contributed by atoms with Crippen molar-refractivity contribution in [2.24, 2.45) is 5.73 Å². The normalized spacial score (nSPS) is 3.67. The molecule has 0 rings (SSSR count). The molecule has 0 aromatic carbocycles. The molecule has 8 heteroatoms. The van der Waals surface area contributed by atoms with Crippen LogP contribution >= 0.6 is 0 Å². The van der Waals surface area contributed by atoms with Crippen molar-refractivity contribution in [2.45, 2.75) is 0 Å². The molecule has 0 aromatic heterocycles. The fourth-order valence-electron chi connectivity index (χ4n) is 0. The summed E-state index contributed by atoms with van der Waals surface area (Å²) >= 11 is 0. The number of hydrogen-bond donors (Lipinski definition) is 1. The van der Waals surface area contributed by atoms with Crippen molar-refractivity contribution >= 4 is 7.54 Å². The standard InChI is InChI=1S/CH5N.BF3.3FH/c1-2;2-1(3)4;;;/h2H2,1H3;;3*1H. The van der Waals surface area contributed by atoms with E-state index in [2.05, 4.69) is 5.73 Å². The molecule has 0 aliphatic heterocycles. The molecule has 0 heterocycles. The lowest BCUT2D eigenvalue weighted by Gasteiger charge is -1.55. The van der Waals surface area contributed by atoms with Crippen LogP contribution in [0.4, 0.5) is 27.1 Å². The molecule has 0 amide bonds. The lowest BCUT2D eigenvalue weighted by atomic mass is 10.5. The molecule has 0 saturated heterocycles. The minimum absolute atomic E-state index is 0. The summed E-state index contributed by atoms with van der Waals surface area (Å²) in [5.74, 6) is 0. The molecule has 62 valence electrons. The Balaban J connectivity index is -0.00000000990. The summed E-state index contributed by atoms with van der Waals surface area (Å²) in [5.41, 5.74) is 4.50.